The standard InChI is InChI=1S/C16H19N5O2S.2ClH/c1-2-21-7-5-11-12(9-21)24-15(13(11)14(17)22)20-16(23)19-10-4-3-6-18-8-10;;/h3-4,6,8H,2,5,7,9H2,1H3,(H2,17,22)(H2,19,20,23);2*1H. The molecular weight excluding hydrogens is 397 g/mol. The van der Waals surface area contributed by atoms with Crippen molar-refractivity contribution in [3.8, 4) is 0 Å². The molecule has 142 valence electrons. The summed E-state index contributed by atoms with van der Waals surface area (Å²) in [6.07, 6.45) is 3.94. The lowest BCUT2D eigenvalue weighted by molar-refractivity contribution is 0.1000. The number of hydrogen-bond acceptors (Lipinski definition) is 5. The van der Waals surface area contributed by atoms with E-state index in [1.807, 2.05) is 0 Å². The van der Waals surface area contributed by atoms with Crippen molar-refractivity contribution in [3.63, 3.8) is 0 Å². The summed E-state index contributed by atoms with van der Waals surface area (Å²) >= 11 is 1.42. The maximum atomic E-state index is 12.2. The van der Waals surface area contributed by atoms with E-state index < -0.39 is 11.9 Å². The number of fused-ring (bicyclic) bond motifs is 1. The number of amides is 3. The smallest absolute Gasteiger partial charge is 0.324 e. The second kappa shape index (κ2) is 9.72. The van der Waals surface area contributed by atoms with Crippen molar-refractivity contribution in [2.75, 3.05) is 23.7 Å². The van der Waals surface area contributed by atoms with E-state index in [1.54, 1.807) is 24.5 Å². The zero-order valence-electron chi connectivity index (χ0n) is 14.2. The molecule has 26 heavy (non-hydrogen) atoms. The number of thiophene rings is 1. The fourth-order valence-electron chi connectivity index (χ4n) is 2.78. The lowest BCUT2D eigenvalue weighted by Crippen LogP contribution is -2.30. The quantitative estimate of drug-likeness (QED) is 0.710. The van der Waals surface area contributed by atoms with Gasteiger partial charge in [0, 0.05) is 24.2 Å². The SMILES string of the molecule is CCN1CCc2c(sc(NC(=O)Nc3cccnc3)c2C(N)=O)C1.Cl.Cl. The summed E-state index contributed by atoms with van der Waals surface area (Å²) in [5.41, 5.74) is 7.53. The van der Waals surface area contributed by atoms with Gasteiger partial charge in [-0.3, -0.25) is 20.0 Å². The van der Waals surface area contributed by atoms with Crippen molar-refractivity contribution in [2.24, 2.45) is 5.73 Å². The number of carbonyl (C=O) groups excluding carboxylic acids is 2. The van der Waals surface area contributed by atoms with Gasteiger partial charge in [0.2, 0.25) is 0 Å². The molecule has 0 aliphatic carbocycles. The fourth-order valence-corrected chi connectivity index (χ4v) is 4.07. The highest BCUT2D eigenvalue weighted by molar-refractivity contribution is 7.17. The summed E-state index contributed by atoms with van der Waals surface area (Å²) in [6.45, 7) is 4.73. The van der Waals surface area contributed by atoms with Crippen LogP contribution in [0.1, 0.15) is 27.7 Å². The van der Waals surface area contributed by atoms with Gasteiger partial charge < -0.3 is 11.1 Å². The van der Waals surface area contributed by atoms with Crippen LogP contribution < -0.4 is 16.4 Å². The lowest BCUT2D eigenvalue weighted by atomic mass is 10.0. The molecule has 0 unspecified atom stereocenters. The normalized spacial score (nSPS) is 13.0. The molecule has 10 heteroatoms. The largest absolute Gasteiger partial charge is 0.365 e. The van der Waals surface area contributed by atoms with Crippen LogP contribution in [0.3, 0.4) is 0 Å². The summed E-state index contributed by atoms with van der Waals surface area (Å²) in [7, 11) is 0. The van der Waals surface area contributed by atoms with Crippen LogP contribution in [0.5, 0.6) is 0 Å². The molecule has 0 atom stereocenters. The Labute approximate surface area is 168 Å². The lowest BCUT2D eigenvalue weighted by Gasteiger charge is -2.25. The molecule has 0 saturated heterocycles. The summed E-state index contributed by atoms with van der Waals surface area (Å²) in [5, 5.41) is 5.95. The molecule has 3 rings (SSSR count). The highest BCUT2D eigenvalue weighted by atomic mass is 35.5. The molecule has 0 radical (unpaired) electrons. The van der Waals surface area contributed by atoms with Gasteiger partial charge in [-0.05, 0) is 30.7 Å². The second-order valence-corrected chi connectivity index (χ2v) is 6.62. The highest BCUT2D eigenvalue weighted by Crippen LogP contribution is 2.36. The Hall–Kier alpha value is -1.87. The molecule has 0 saturated carbocycles. The number of anilines is 2. The number of rotatable bonds is 4. The van der Waals surface area contributed by atoms with E-state index >= 15 is 0 Å². The summed E-state index contributed by atoms with van der Waals surface area (Å²) in [5.74, 6) is -0.505. The van der Waals surface area contributed by atoms with Crippen LogP contribution >= 0.6 is 36.2 Å². The molecule has 0 spiro atoms. The molecule has 7 nitrogen and oxygen atoms in total. The minimum Gasteiger partial charge on any atom is -0.365 e. The minimum atomic E-state index is -0.505. The molecule has 1 aliphatic rings. The van der Waals surface area contributed by atoms with Crippen LogP contribution in [-0.4, -0.2) is 34.9 Å². The third kappa shape index (κ3) is 4.85. The van der Waals surface area contributed by atoms with E-state index in [9.17, 15) is 9.59 Å². The Balaban J connectivity index is 0.00000169. The number of hydrogen-bond donors (Lipinski definition) is 3. The average Bonchev–Trinajstić information content (AvgIpc) is 2.92. The van der Waals surface area contributed by atoms with Crippen LogP contribution in [0.2, 0.25) is 0 Å². The van der Waals surface area contributed by atoms with Crippen molar-refractivity contribution in [1.82, 2.24) is 9.88 Å². The van der Waals surface area contributed by atoms with Gasteiger partial charge in [-0.15, -0.1) is 36.2 Å². The zero-order valence-corrected chi connectivity index (χ0v) is 16.6. The number of likely N-dealkylation sites (N-methyl/N-ethyl adjacent to an activating group) is 1. The van der Waals surface area contributed by atoms with E-state index in [0.717, 1.165) is 36.5 Å². The van der Waals surface area contributed by atoms with Gasteiger partial charge in [-0.25, -0.2) is 4.79 Å². The van der Waals surface area contributed by atoms with E-state index in [4.69, 9.17) is 5.73 Å². The first-order valence-electron chi connectivity index (χ1n) is 7.73. The number of carbonyl (C=O) groups is 2. The topological polar surface area (TPSA) is 100 Å². The highest BCUT2D eigenvalue weighted by Gasteiger charge is 2.27. The van der Waals surface area contributed by atoms with E-state index in [2.05, 4.69) is 27.4 Å². The van der Waals surface area contributed by atoms with Gasteiger partial charge in [0.25, 0.3) is 5.91 Å². The average molecular weight is 418 g/mol. The van der Waals surface area contributed by atoms with Crippen molar-refractivity contribution >= 4 is 58.8 Å². The molecule has 2 aromatic rings. The number of nitrogens with one attached hydrogen (secondary N) is 2. The minimum absolute atomic E-state index is 0. The second-order valence-electron chi connectivity index (χ2n) is 5.51. The van der Waals surface area contributed by atoms with Crippen molar-refractivity contribution in [2.45, 2.75) is 19.9 Å². The third-order valence-electron chi connectivity index (χ3n) is 3.98. The number of urea groups is 1. The van der Waals surface area contributed by atoms with Crippen molar-refractivity contribution < 1.29 is 9.59 Å². The fraction of sp³-hybridized carbons (Fsp3) is 0.312. The van der Waals surface area contributed by atoms with Crippen molar-refractivity contribution in [1.29, 1.82) is 0 Å². The maximum Gasteiger partial charge on any atom is 0.324 e. The van der Waals surface area contributed by atoms with Crippen molar-refractivity contribution in [3.05, 3.63) is 40.5 Å². The zero-order chi connectivity index (χ0) is 17.1. The Morgan fingerprint density at radius 1 is 1.35 bits per heavy atom. The van der Waals surface area contributed by atoms with E-state index in [0.29, 0.717) is 16.3 Å². The molecule has 0 fully saturated rings. The summed E-state index contributed by atoms with van der Waals surface area (Å²) in [4.78, 5) is 31.4. The number of aromatic nitrogens is 1. The Bertz CT molecular complexity index is 770. The molecule has 0 bridgehead atoms. The first-order valence-corrected chi connectivity index (χ1v) is 8.54. The first-order chi connectivity index (χ1) is 11.6. The van der Waals surface area contributed by atoms with Gasteiger partial charge in [-0.1, -0.05) is 6.92 Å². The van der Waals surface area contributed by atoms with E-state index in [1.165, 1.54) is 11.3 Å². The number of halogens is 2. The number of pyridine rings is 1. The van der Waals surface area contributed by atoms with Crippen LogP contribution in [0, 0.1) is 0 Å². The predicted molar refractivity (Wildman–Crippen MR) is 109 cm³/mol. The van der Waals surface area contributed by atoms with Gasteiger partial charge in [0.15, 0.2) is 0 Å². The maximum absolute atomic E-state index is 12.2. The van der Waals surface area contributed by atoms with Gasteiger partial charge in [0.1, 0.15) is 5.00 Å². The van der Waals surface area contributed by atoms with Crippen LogP contribution in [0.4, 0.5) is 15.5 Å². The van der Waals surface area contributed by atoms with Crippen LogP contribution in [0.25, 0.3) is 0 Å². The Morgan fingerprint density at radius 2 is 2.12 bits per heavy atom. The molecule has 3 heterocycles. The van der Waals surface area contributed by atoms with Gasteiger partial charge in [-0.2, -0.15) is 0 Å². The Morgan fingerprint density at radius 3 is 2.73 bits per heavy atom. The van der Waals surface area contributed by atoms with Crippen LogP contribution in [-0.2, 0) is 13.0 Å². The molecule has 2 aromatic heterocycles. The molecule has 0 aromatic carbocycles. The van der Waals surface area contributed by atoms with Gasteiger partial charge >= 0.3 is 6.03 Å². The molecule has 3 amide bonds. The summed E-state index contributed by atoms with van der Waals surface area (Å²) in [6, 6.07) is 3.05. The molecule has 1 aliphatic heterocycles. The number of nitrogens with two attached hydrogens (primary N) is 1. The first kappa shape index (κ1) is 22.2. The predicted octanol–water partition coefficient (Wildman–Crippen LogP) is 3.11. The molecular formula is C16H21Cl2N5O2S. The third-order valence-corrected chi connectivity index (χ3v) is 5.11. The summed E-state index contributed by atoms with van der Waals surface area (Å²) < 4.78 is 0. The van der Waals surface area contributed by atoms with Crippen LogP contribution in [0.15, 0.2) is 24.5 Å². The van der Waals surface area contributed by atoms with Gasteiger partial charge in [0.05, 0.1) is 17.4 Å². The van der Waals surface area contributed by atoms with E-state index in [-0.39, 0.29) is 24.8 Å². The number of primary amides is 1. The molecule has 4 N–H and O–H groups in total. The monoisotopic (exact) mass is 417 g/mol. The number of nitrogens with zero attached hydrogens (tertiary/aromatic N) is 2. The Kier molecular flexibility index (Phi) is 8.29.